The summed E-state index contributed by atoms with van der Waals surface area (Å²) >= 11 is 0. The molecule has 0 radical (unpaired) electrons. The van der Waals surface area contributed by atoms with Crippen LogP contribution in [0.5, 0.6) is 11.5 Å². The van der Waals surface area contributed by atoms with E-state index in [0.29, 0.717) is 17.2 Å². The van der Waals surface area contributed by atoms with Crippen LogP contribution in [-0.2, 0) is 11.3 Å². The van der Waals surface area contributed by atoms with Crippen molar-refractivity contribution in [1.82, 2.24) is 15.1 Å². The van der Waals surface area contributed by atoms with E-state index in [2.05, 4.69) is 10.4 Å². The summed E-state index contributed by atoms with van der Waals surface area (Å²) in [5.41, 5.74) is 3.08. The van der Waals surface area contributed by atoms with Gasteiger partial charge in [0.2, 0.25) is 5.91 Å². The Labute approximate surface area is 185 Å². The Hall–Kier alpha value is -4.19. The van der Waals surface area contributed by atoms with Crippen LogP contribution in [0.1, 0.15) is 17.0 Å². The number of hydrogen-bond donors (Lipinski definition) is 1. The third-order valence-electron chi connectivity index (χ3n) is 5.50. The van der Waals surface area contributed by atoms with Crippen molar-refractivity contribution in [3.8, 4) is 22.8 Å². The molecule has 0 saturated carbocycles. The first-order chi connectivity index (χ1) is 15.7. The molecule has 2 heterocycles. The normalized spacial score (nSPS) is 12.4. The van der Waals surface area contributed by atoms with Crippen molar-refractivity contribution in [3.63, 3.8) is 0 Å². The van der Waals surface area contributed by atoms with E-state index in [1.54, 1.807) is 6.07 Å². The summed E-state index contributed by atoms with van der Waals surface area (Å²) in [5, 5.41) is 7.43. The third kappa shape index (κ3) is 3.78. The van der Waals surface area contributed by atoms with Gasteiger partial charge in [-0.05, 0) is 18.2 Å². The van der Waals surface area contributed by atoms with E-state index in [4.69, 9.17) is 4.74 Å². The smallest absolute Gasteiger partial charge is 0.266 e. The molecule has 1 aliphatic rings. The number of carbonyl (C=O) groups excluding carboxylic acids is 1. The number of ether oxygens (including phenoxy) is 1. The maximum absolute atomic E-state index is 13.2. The van der Waals surface area contributed by atoms with Crippen LogP contribution in [0.25, 0.3) is 11.3 Å². The van der Waals surface area contributed by atoms with E-state index in [0.717, 1.165) is 16.7 Å². The lowest BCUT2D eigenvalue weighted by molar-refractivity contribution is -0.121. The summed E-state index contributed by atoms with van der Waals surface area (Å²) in [4.78, 5) is 25.5. The zero-order valence-corrected chi connectivity index (χ0v) is 17.3. The zero-order valence-electron chi connectivity index (χ0n) is 17.3. The fraction of sp³-hybridized carbons (Fsp3) is 0.115. The second kappa shape index (κ2) is 8.51. The standard InChI is InChI=1S/C26H21N3O3/c30-24-15-14-21(18-8-2-1-3-9-18)28-29(24)17-16-27-26(31)25-19-10-4-6-12-22(19)32-23-13-7-5-11-20(23)25/h1-15,25H,16-17H2,(H,27,31). The fourth-order valence-electron chi connectivity index (χ4n) is 3.95. The average molecular weight is 423 g/mol. The highest BCUT2D eigenvalue weighted by Gasteiger charge is 2.32. The first-order valence-corrected chi connectivity index (χ1v) is 10.5. The van der Waals surface area contributed by atoms with Gasteiger partial charge in [0.25, 0.3) is 5.56 Å². The molecule has 3 aromatic carbocycles. The molecule has 0 spiro atoms. The molecule has 0 bridgehead atoms. The number of carbonyl (C=O) groups is 1. The Morgan fingerprint density at radius 1 is 0.844 bits per heavy atom. The maximum Gasteiger partial charge on any atom is 0.266 e. The number of para-hydroxylation sites is 2. The van der Waals surface area contributed by atoms with Crippen molar-refractivity contribution in [2.24, 2.45) is 0 Å². The number of rotatable bonds is 5. The second-order valence-electron chi connectivity index (χ2n) is 7.55. The van der Waals surface area contributed by atoms with E-state index >= 15 is 0 Å². The van der Waals surface area contributed by atoms with Gasteiger partial charge in [-0.3, -0.25) is 9.59 Å². The van der Waals surface area contributed by atoms with Crippen molar-refractivity contribution in [3.05, 3.63) is 112 Å². The van der Waals surface area contributed by atoms with E-state index in [-0.39, 0.29) is 24.6 Å². The number of benzene rings is 3. The lowest BCUT2D eigenvalue weighted by atomic mass is 9.87. The lowest BCUT2D eigenvalue weighted by Gasteiger charge is -2.27. The predicted molar refractivity (Wildman–Crippen MR) is 122 cm³/mol. The number of fused-ring (bicyclic) bond motifs is 2. The lowest BCUT2D eigenvalue weighted by Crippen LogP contribution is -2.35. The van der Waals surface area contributed by atoms with Gasteiger partial charge in [-0.15, -0.1) is 0 Å². The molecular formula is C26H21N3O3. The molecule has 1 aromatic heterocycles. The van der Waals surface area contributed by atoms with Crippen LogP contribution in [0.15, 0.2) is 95.8 Å². The van der Waals surface area contributed by atoms with Crippen LogP contribution in [-0.4, -0.2) is 22.2 Å². The quantitative estimate of drug-likeness (QED) is 0.527. The SMILES string of the molecule is O=C(NCCn1nc(-c2ccccc2)ccc1=O)C1c2ccccc2Oc2ccccc21. The molecule has 32 heavy (non-hydrogen) atoms. The molecule has 6 heteroatoms. The molecule has 1 aliphatic heterocycles. The van der Waals surface area contributed by atoms with Crippen LogP contribution in [0, 0.1) is 0 Å². The summed E-state index contributed by atoms with van der Waals surface area (Å²) in [6.45, 7) is 0.559. The zero-order chi connectivity index (χ0) is 21.9. The summed E-state index contributed by atoms with van der Waals surface area (Å²) in [7, 11) is 0. The molecule has 1 amide bonds. The largest absolute Gasteiger partial charge is 0.457 e. The Morgan fingerprint density at radius 3 is 2.16 bits per heavy atom. The van der Waals surface area contributed by atoms with Crippen molar-refractivity contribution < 1.29 is 9.53 Å². The van der Waals surface area contributed by atoms with Gasteiger partial charge in [-0.1, -0.05) is 66.7 Å². The first-order valence-electron chi connectivity index (χ1n) is 10.5. The van der Waals surface area contributed by atoms with Crippen LogP contribution in [0.2, 0.25) is 0 Å². The molecule has 158 valence electrons. The summed E-state index contributed by atoms with van der Waals surface area (Å²) in [6, 6.07) is 28.0. The Kier molecular flexibility index (Phi) is 5.25. The van der Waals surface area contributed by atoms with Crippen LogP contribution >= 0.6 is 0 Å². The van der Waals surface area contributed by atoms with Gasteiger partial charge >= 0.3 is 0 Å². The molecule has 0 atom stereocenters. The molecule has 1 N–H and O–H groups in total. The highest BCUT2D eigenvalue weighted by molar-refractivity contribution is 5.89. The van der Waals surface area contributed by atoms with Gasteiger partial charge in [-0.25, -0.2) is 4.68 Å². The van der Waals surface area contributed by atoms with Gasteiger partial charge in [-0.2, -0.15) is 5.10 Å². The number of amides is 1. The van der Waals surface area contributed by atoms with Gasteiger partial charge in [0.15, 0.2) is 0 Å². The van der Waals surface area contributed by atoms with Crippen molar-refractivity contribution in [1.29, 1.82) is 0 Å². The Bertz CT molecular complexity index is 1290. The monoisotopic (exact) mass is 423 g/mol. The van der Waals surface area contributed by atoms with Crippen molar-refractivity contribution >= 4 is 5.91 Å². The first kappa shape index (κ1) is 19.8. The second-order valence-corrected chi connectivity index (χ2v) is 7.55. The van der Waals surface area contributed by atoms with Crippen LogP contribution in [0.3, 0.4) is 0 Å². The maximum atomic E-state index is 13.2. The van der Waals surface area contributed by atoms with Gasteiger partial charge in [0, 0.05) is 29.3 Å². The fourth-order valence-corrected chi connectivity index (χ4v) is 3.95. The minimum atomic E-state index is -0.475. The van der Waals surface area contributed by atoms with Crippen molar-refractivity contribution in [2.75, 3.05) is 6.54 Å². The Balaban J connectivity index is 1.34. The number of hydrogen-bond acceptors (Lipinski definition) is 4. The molecule has 0 unspecified atom stereocenters. The molecule has 6 nitrogen and oxygen atoms in total. The minimum Gasteiger partial charge on any atom is -0.457 e. The topological polar surface area (TPSA) is 73.2 Å². The van der Waals surface area contributed by atoms with Gasteiger partial charge in [0.05, 0.1) is 18.2 Å². The third-order valence-corrected chi connectivity index (χ3v) is 5.50. The van der Waals surface area contributed by atoms with E-state index in [1.807, 2.05) is 78.9 Å². The van der Waals surface area contributed by atoms with Gasteiger partial charge < -0.3 is 10.1 Å². The van der Waals surface area contributed by atoms with E-state index in [1.165, 1.54) is 10.7 Å². The Morgan fingerprint density at radius 2 is 1.47 bits per heavy atom. The van der Waals surface area contributed by atoms with Crippen LogP contribution in [0.4, 0.5) is 0 Å². The molecule has 0 fully saturated rings. The number of aromatic nitrogens is 2. The summed E-state index contributed by atoms with van der Waals surface area (Å²) in [5.74, 6) is 0.747. The summed E-state index contributed by atoms with van der Waals surface area (Å²) in [6.07, 6.45) is 0. The molecular weight excluding hydrogens is 402 g/mol. The van der Waals surface area contributed by atoms with Crippen molar-refractivity contribution in [2.45, 2.75) is 12.5 Å². The molecule has 4 aromatic rings. The van der Waals surface area contributed by atoms with E-state index in [9.17, 15) is 9.59 Å². The minimum absolute atomic E-state index is 0.138. The highest BCUT2D eigenvalue weighted by atomic mass is 16.5. The van der Waals surface area contributed by atoms with Crippen LogP contribution < -0.4 is 15.6 Å². The number of nitrogens with zero attached hydrogens (tertiary/aromatic N) is 2. The molecule has 5 rings (SSSR count). The average Bonchev–Trinajstić information content (AvgIpc) is 2.84. The molecule has 0 aliphatic carbocycles. The van der Waals surface area contributed by atoms with E-state index < -0.39 is 5.92 Å². The highest BCUT2D eigenvalue weighted by Crippen LogP contribution is 2.43. The predicted octanol–water partition coefficient (Wildman–Crippen LogP) is 3.96. The van der Waals surface area contributed by atoms with Gasteiger partial charge in [0.1, 0.15) is 11.5 Å². The number of nitrogens with one attached hydrogen (secondary N) is 1. The molecule has 0 saturated heterocycles. The summed E-state index contributed by atoms with van der Waals surface area (Å²) < 4.78 is 7.35.